The number of unbranched alkanes of at least 4 members (excludes halogenated alkanes) is 2. The number of aromatic hydroxyl groups is 1. The van der Waals surface area contributed by atoms with Crippen LogP contribution in [0.25, 0.3) is 0 Å². The molecule has 670 valence electrons. The molecule has 41 nitrogen and oxygen atoms in total. The Morgan fingerprint density at radius 3 is 1.32 bits per heavy atom. The Kier molecular flexibility index (Phi) is 66.9. The van der Waals surface area contributed by atoms with Crippen molar-refractivity contribution in [2.75, 3.05) is 263 Å². The molecular weight excluding hydrogens is 1530 g/mol. The molecule has 116 heavy (non-hydrogen) atoms. The number of amides is 9. The molecule has 0 bridgehead atoms. The highest BCUT2D eigenvalue weighted by molar-refractivity contribution is 5.93. The Morgan fingerprint density at radius 1 is 0.440 bits per heavy atom. The molecule has 0 heterocycles. The second kappa shape index (κ2) is 72.8. The van der Waals surface area contributed by atoms with Gasteiger partial charge >= 0.3 is 18.2 Å². The lowest BCUT2D eigenvalue weighted by atomic mass is 9.96. The summed E-state index contributed by atoms with van der Waals surface area (Å²) >= 11 is 0. The van der Waals surface area contributed by atoms with Crippen LogP contribution >= 0.6 is 0 Å². The van der Waals surface area contributed by atoms with Crippen molar-refractivity contribution < 1.29 is 143 Å². The minimum absolute atomic E-state index is 0.0120. The summed E-state index contributed by atoms with van der Waals surface area (Å²) in [6.07, 6.45) is 1.66. The van der Waals surface area contributed by atoms with Crippen LogP contribution in [0.3, 0.4) is 0 Å². The molecule has 0 saturated carbocycles. The number of aliphatic carboxylic acids is 1. The number of anilines is 1. The van der Waals surface area contributed by atoms with Crippen molar-refractivity contribution in [3.8, 4) is 5.75 Å². The Bertz CT molecular complexity index is 2770. The molecule has 0 fully saturated rings. The summed E-state index contributed by atoms with van der Waals surface area (Å²) in [7, 11) is 1.62. The topological polar surface area (TPSA) is 538 Å². The van der Waals surface area contributed by atoms with E-state index in [4.69, 9.17) is 96.7 Å². The number of hydrogen-bond acceptors (Lipinski definition) is 31. The number of methoxy groups -OCH3 is 1. The number of phenols is 1. The van der Waals surface area contributed by atoms with Crippen molar-refractivity contribution in [3.63, 3.8) is 0 Å². The molecule has 0 spiro atoms. The van der Waals surface area contributed by atoms with Crippen LogP contribution in [0.2, 0.25) is 0 Å². The van der Waals surface area contributed by atoms with E-state index in [1.54, 1.807) is 33.9 Å². The van der Waals surface area contributed by atoms with Crippen molar-refractivity contribution in [2.24, 2.45) is 17.4 Å². The van der Waals surface area contributed by atoms with Crippen molar-refractivity contribution >= 4 is 65.2 Å². The molecule has 5 atom stereocenters. The first kappa shape index (κ1) is 107. The predicted octanol–water partition coefficient (Wildman–Crippen LogP) is -1.03. The number of nitrogens with one attached hydrogen (secondary N) is 9. The van der Waals surface area contributed by atoms with Gasteiger partial charge in [0.15, 0.2) is 0 Å². The third-order valence-electron chi connectivity index (χ3n) is 15.6. The van der Waals surface area contributed by atoms with E-state index in [-0.39, 0.29) is 135 Å². The van der Waals surface area contributed by atoms with E-state index in [1.165, 1.54) is 19.1 Å². The average Bonchev–Trinajstić information content (AvgIpc) is 0.853. The maximum atomic E-state index is 13.0. The molecule has 1 rings (SSSR count). The highest BCUT2D eigenvalue weighted by Gasteiger charge is 2.28. The Labute approximate surface area is 680 Å². The lowest BCUT2D eigenvalue weighted by molar-refractivity contribution is -0.141. The van der Waals surface area contributed by atoms with E-state index in [1.807, 2.05) is 6.92 Å². The van der Waals surface area contributed by atoms with Gasteiger partial charge in [0.25, 0.3) is 0 Å². The highest BCUT2D eigenvalue weighted by Crippen LogP contribution is 2.26. The van der Waals surface area contributed by atoms with E-state index >= 15 is 0 Å². The SMILES string of the molecule is CCCCNC(=O)[C@H](CCCCNC(=O)COCCOCCOCCOCCOCCOCCOCCOCCOC)NC(=O)CNC(=O)CNC(=O)CCCNC(=O)[C@@H](N)[C@H](N)C(=O)NCCOCCOCCOCCOCCOCCOCCOCCOC(=O)Nc1cc(C[C@@H](C[C@H](C)C(=O)O)NC(=O)OC(C)(C)C)ccc1O. The first-order valence-corrected chi connectivity index (χ1v) is 39.5. The van der Waals surface area contributed by atoms with Crippen molar-refractivity contribution in [1.82, 2.24) is 42.5 Å². The zero-order chi connectivity index (χ0) is 85.3. The van der Waals surface area contributed by atoms with Crippen LogP contribution in [-0.2, 0) is 130 Å². The minimum atomic E-state index is -1.40. The molecule has 0 aliphatic heterocycles. The van der Waals surface area contributed by atoms with Crippen molar-refractivity contribution in [1.29, 1.82) is 0 Å². The molecular formula is C75H135N11O30. The van der Waals surface area contributed by atoms with Crippen LogP contribution in [0.4, 0.5) is 15.3 Å². The van der Waals surface area contributed by atoms with E-state index in [0.29, 0.717) is 177 Å². The van der Waals surface area contributed by atoms with Gasteiger partial charge in [-0.05, 0) is 83.4 Å². The Hall–Kier alpha value is -7.40. The maximum absolute atomic E-state index is 13.0. The average molecular weight is 1670 g/mol. The second-order valence-corrected chi connectivity index (χ2v) is 26.7. The van der Waals surface area contributed by atoms with Gasteiger partial charge in [0.1, 0.15) is 42.7 Å². The lowest BCUT2D eigenvalue weighted by Gasteiger charge is -2.25. The van der Waals surface area contributed by atoms with Gasteiger partial charge in [-0.15, -0.1) is 0 Å². The molecule has 0 unspecified atom stereocenters. The Balaban J connectivity index is 2.05. The van der Waals surface area contributed by atoms with Gasteiger partial charge in [-0.3, -0.25) is 43.7 Å². The van der Waals surface area contributed by atoms with Gasteiger partial charge in [0.2, 0.25) is 41.4 Å². The van der Waals surface area contributed by atoms with E-state index in [0.717, 1.165) is 12.8 Å². The third kappa shape index (κ3) is 64.6. The fourth-order valence-corrected chi connectivity index (χ4v) is 9.45. The van der Waals surface area contributed by atoms with Crippen LogP contribution in [0.1, 0.15) is 91.5 Å². The number of carbonyl (C=O) groups excluding carboxylic acids is 9. The summed E-state index contributed by atoms with van der Waals surface area (Å²) < 4.78 is 97.3. The standard InChI is InChI=1S/C75H135N11O30/c1-7-8-16-79-69(92)60(12-9-10-17-78-66(91)56-114-48-47-112-44-43-110-40-39-108-36-35-107-34-33-105-30-29-103-26-25-101-22-21-99-6)85-65(90)55-83-64(89)54-82-63(88)13-11-18-80-70(93)67(76)68(77)71(94)81-19-20-100-23-24-102-27-28-104-31-32-106-37-38-109-41-42-111-45-46-113-49-50-115-73(97)86-61-53-58(14-15-62(61)87)52-59(51-57(2)72(95)96)84-74(98)116-75(3,4)5/h14-15,53,57,59-60,67-68,87H,7-13,16-52,54-56,76-77H2,1-6H3,(H,78,91)(H,79,92)(H,80,93)(H,81,94)(H,82,88)(H,83,89)(H,84,98)(H,85,90)(H,86,97)(H,95,96)/t57-,59+,60-,67-,68-/m0/s1. The van der Waals surface area contributed by atoms with Crippen molar-refractivity contribution in [2.45, 2.75) is 122 Å². The van der Waals surface area contributed by atoms with Gasteiger partial charge in [0, 0.05) is 45.8 Å². The summed E-state index contributed by atoms with van der Waals surface area (Å²) in [6, 6.07) is 0.162. The van der Waals surface area contributed by atoms with E-state index in [9.17, 15) is 58.2 Å². The number of nitrogens with two attached hydrogens (primary N) is 2. The van der Waals surface area contributed by atoms with E-state index < -0.39 is 96.5 Å². The lowest BCUT2D eigenvalue weighted by Crippen LogP contribution is -2.58. The number of ether oxygens (including phenoxy) is 18. The number of rotatable bonds is 78. The van der Waals surface area contributed by atoms with Gasteiger partial charge in [-0.2, -0.15) is 0 Å². The van der Waals surface area contributed by atoms with Crippen LogP contribution < -0.4 is 59.3 Å². The molecule has 1 aromatic rings. The third-order valence-corrected chi connectivity index (χ3v) is 15.6. The van der Waals surface area contributed by atoms with Crippen LogP contribution in [0.15, 0.2) is 18.2 Å². The summed E-state index contributed by atoms with van der Waals surface area (Å²) in [6.45, 7) is 19.1. The van der Waals surface area contributed by atoms with Crippen LogP contribution in [-0.4, -0.2) is 357 Å². The monoisotopic (exact) mass is 1670 g/mol. The minimum Gasteiger partial charge on any atom is -0.506 e. The molecule has 0 saturated heterocycles. The number of carboxylic acid groups (broad SMARTS) is 1. The zero-order valence-electron chi connectivity index (χ0n) is 68.8. The first-order chi connectivity index (χ1) is 56.0. The van der Waals surface area contributed by atoms with Crippen LogP contribution in [0, 0.1) is 5.92 Å². The number of alkyl carbamates (subject to hydrolysis) is 1. The molecule has 0 radical (unpaired) electrons. The highest BCUT2D eigenvalue weighted by atomic mass is 16.6. The first-order valence-electron chi connectivity index (χ1n) is 39.5. The number of carbonyl (C=O) groups is 10. The summed E-state index contributed by atoms with van der Waals surface area (Å²) in [5.74, 6) is -5.91. The molecule has 0 aliphatic rings. The molecule has 0 aromatic heterocycles. The normalized spacial score (nSPS) is 12.7. The second-order valence-electron chi connectivity index (χ2n) is 26.7. The number of phenolic OH excluding ortho intramolecular Hbond substituents is 1. The molecule has 1 aromatic carbocycles. The van der Waals surface area contributed by atoms with Crippen LogP contribution in [0.5, 0.6) is 5.75 Å². The molecule has 0 aliphatic carbocycles. The quantitative estimate of drug-likeness (QED) is 0.0274. The zero-order valence-corrected chi connectivity index (χ0v) is 68.8. The maximum Gasteiger partial charge on any atom is 0.411 e. The summed E-state index contributed by atoms with van der Waals surface area (Å²) in [5, 5.41) is 43.1. The smallest absolute Gasteiger partial charge is 0.411 e. The van der Waals surface area contributed by atoms with Gasteiger partial charge < -0.3 is 149 Å². The fourth-order valence-electron chi connectivity index (χ4n) is 9.45. The van der Waals surface area contributed by atoms with Crippen molar-refractivity contribution in [3.05, 3.63) is 23.8 Å². The number of hydrogen-bond donors (Lipinski definition) is 13. The fraction of sp³-hybridized carbons (Fsp3) is 0.787. The Morgan fingerprint density at radius 2 is 0.853 bits per heavy atom. The predicted molar refractivity (Wildman–Crippen MR) is 419 cm³/mol. The van der Waals surface area contributed by atoms with Gasteiger partial charge in [-0.25, -0.2) is 9.59 Å². The molecule has 41 heteroatoms. The van der Waals surface area contributed by atoms with Gasteiger partial charge in [-0.1, -0.05) is 26.3 Å². The number of benzene rings is 1. The molecule has 15 N–H and O–H groups in total. The van der Waals surface area contributed by atoms with Gasteiger partial charge in [0.05, 0.1) is 223 Å². The summed E-state index contributed by atoms with van der Waals surface area (Å²) in [4.78, 5) is 125. The van der Waals surface area contributed by atoms with E-state index in [2.05, 4.69) is 47.9 Å². The number of carboxylic acids is 1. The summed E-state index contributed by atoms with van der Waals surface area (Å²) in [5.41, 5.74) is 11.8. The largest absolute Gasteiger partial charge is 0.506 e. The molecule has 9 amide bonds.